The smallest absolute Gasteiger partial charge is 0.276 e. The molecule has 1 aliphatic rings. The number of anilines is 1. The van der Waals surface area contributed by atoms with Gasteiger partial charge in [0.15, 0.2) is 11.5 Å². The zero-order chi connectivity index (χ0) is 20.0. The van der Waals surface area contributed by atoms with Gasteiger partial charge in [0, 0.05) is 28.8 Å². The summed E-state index contributed by atoms with van der Waals surface area (Å²) in [4.78, 5) is 23.3. The number of hydrogen-bond acceptors (Lipinski definition) is 7. The van der Waals surface area contributed by atoms with Crippen LogP contribution < -0.4 is 5.32 Å². The number of hydrogen-bond donors (Lipinski definition) is 2. The van der Waals surface area contributed by atoms with Crippen molar-refractivity contribution in [3.8, 4) is 11.4 Å². The number of amides is 1. The van der Waals surface area contributed by atoms with Crippen molar-refractivity contribution in [2.75, 3.05) is 5.32 Å². The van der Waals surface area contributed by atoms with E-state index in [4.69, 9.17) is 0 Å². The van der Waals surface area contributed by atoms with Gasteiger partial charge in [-0.1, -0.05) is 12.1 Å². The van der Waals surface area contributed by atoms with Gasteiger partial charge < -0.3 is 5.32 Å². The highest BCUT2D eigenvalue weighted by atomic mass is 16.6. The number of nitrogens with zero attached hydrogens (tertiary/aromatic N) is 6. The SMILES string of the molecule is O=C(Nc1cccc(-c2nnnn2C2CC2)c1)c1n[nH]c2ccc([N+](=O)[O-])cc12. The Hall–Kier alpha value is -4.15. The van der Waals surface area contributed by atoms with Crippen molar-refractivity contribution in [1.29, 1.82) is 0 Å². The number of tetrazole rings is 1. The van der Waals surface area contributed by atoms with Gasteiger partial charge >= 0.3 is 0 Å². The molecule has 1 saturated carbocycles. The molecule has 0 unspecified atom stereocenters. The van der Waals surface area contributed by atoms with Gasteiger partial charge in [-0.15, -0.1) is 5.10 Å². The lowest BCUT2D eigenvalue weighted by molar-refractivity contribution is -0.384. The summed E-state index contributed by atoms with van der Waals surface area (Å²) in [6, 6.07) is 11.7. The number of benzene rings is 2. The third-order valence-corrected chi connectivity index (χ3v) is 4.74. The minimum absolute atomic E-state index is 0.0805. The van der Waals surface area contributed by atoms with Crippen LogP contribution in [0.25, 0.3) is 22.3 Å². The summed E-state index contributed by atoms with van der Waals surface area (Å²) < 4.78 is 1.79. The van der Waals surface area contributed by atoms with Crippen molar-refractivity contribution >= 4 is 28.2 Å². The molecule has 0 atom stereocenters. The van der Waals surface area contributed by atoms with Crippen LogP contribution in [0.3, 0.4) is 0 Å². The highest BCUT2D eigenvalue weighted by molar-refractivity contribution is 6.11. The largest absolute Gasteiger partial charge is 0.321 e. The molecule has 1 amide bonds. The summed E-state index contributed by atoms with van der Waals surface area (Å²) in [5.74, 6) is 0.167. The predicted molar refractivity (Wildman–Crippen MR) is 102 cm³/mol. The zero-order valence-electron chi connectivity index (χ0n) is 14.9. The number of rotatable bonds is 5. The summed E-state index contributed by atoms with van der Waals surface area (Å²) in [6.45, 7) is 0. The lowest BCUT2D eigenvalue weighted by atomic mass is 10.1. The number of non-ortho nitro benzene ring substituents is 1. The molecule has 0 bridgehead atoms. The first-order valence-electron chi connectivity index (χ1n) is 8.92. The molecular formula is C18H14N8O3. The zero-order valence-corrected chi connectivity index (χ0v) is 14.9. The Morgan fingerprint density at radius 1 is 1.24 bits per heavy atom. The Morgan fingerprint density at radius 3 is 2.90 bits per heavy atom. The molecule has 2 heterocycles. The average molecular weight is 390 g/mol. The Bertz CT molecular complexity index is 1260. The molecule has 0 spiro atoms. The van der Waals surface area contributed by atoms with E-state index in [1.54, 1.807) is 22.9 Å². The molecule has 0 saturated heterocycles. The molecule has 4 aromatic rings. The lowest BCUT2D eigenvalue weighted by Gasteiger charge is -2.07. The third-order valence-electron chi connectivity index (χ3n) is 4.74. The molecule has 11 nitrogen and oxygen atoms in total. The van der Waals surface area contributed by atoms with Crippen LogP contribution in [-0.4, -0.2) is 41.2 Å². The Balaban J connectivity index is 1.44. The van der Waals surface area contributed by atoms with Gasteiger partial charge in [-0.2, -0.15) is 5.10 Å². The molecule has 1 aliphatic carbocycles. The number of fused-ring (bicyclic) bond motifs is 1. The van der Waals surface area contributed by atoms with E-state index in [1.165, 1.54) is 18.2 Å². The first-order valence-corrected chi connectivity index (χ1v) is 8.92. The lowest BCUT2D eigenvalue weighted by Crippen LogP contribution is -2.13. The number of H-pyrrole nitrogens is 1. The molecule has 144 valence electrons. The van der Waals surface area contributed by atoms with E-state index in [0.29, 0.717) is 28.5 Å². The number of aromatic nitrogens is 6. The highest BCUT2D eigenvalue weighted by Gasteiger charge is 2.28. The molecule has 2 aromatic carbocycles. The quantitative estimate of drug-likeness (QED) is 0.394. The van der Waals surface area contributed by atoms with Gasteiger partial charge in [-0.3, -0.25) is 20.0 Å². The van der Waals surface area contributed by atoms with Crippen LogP contribution in [0.2, 0.25) is 0 Å². The van der Waals surface area contributed by atoms with Gasteiger partial charge in [-0.25, -0.2) is 4.68 Å². The maximum atomic E-state index is 12.7. The van der Waals surface area contributed by atoms with Crippen LogP contribution in [-0.2, 0) is 0 Å². The van der Waals surface area contributed by atoms with Gasteiger partial charge in [0.25, 0.3) is 11.6 Å². The fraction of sp³-hybridized carbons (Fsp3) is 0.167. The molecule has 11 heteroatoms. The summed E-state index contributed by atoms with van der Waals surface area (Å²) in [6.07, 6.45) is 2.10. The van der Waals surface area contributed by atoms with Crippen LogP contribution in [0.1, 0.15) is 29.4 Å². The molecule has 2 N–H and O–H groups in total. The molecule has 29 heavy (non-hydrogen) atoms. The highest BCUT2D eigenvalue weighted by Crippen LogP contribution is 2.36. The second-order valence-electron chi connectivity index (χ2n) is 6.77. The predicted octanol–water partition coefficient (Wildman–Crippen LogP) is 2.71. The fourth-order valence-electron chi connectivity index (χ4n) is 3.16. The van der Waals surface area contributed by atoms with E-state index in [2.05, 4.69) is 31.0 Å². The third kappa shape index (κ3) is 3.08. The fourth-order valence-corrected chi connectivity index (χ4v) is 3.16. The van der Waals surface area contributed by atoms with Crippen molar-refractivity contribution in [2.24, 2.45) is 0 Å². The van der Waals surface area contributed by atoms with E-state index in [-0.39, 0.29) is 11.4 Å². The van der Waals surface area contributed by atoms with Gasteiger partial charge in [0.05, 0.1) is 16.5 Å². The van der Waals surface area contributed by atoms with E-state index >= 15 is 0 Å². The normalized spacial score (nSPS) is 13.5. The monoisotopic (exact) mass is 390 g/mol. The second kappa shape index (κ2) is 6.48. The number of nitrogens with one attached hydrogen (secondary N) is 2. The number of carbonyl (C=O) groups excluding carboxylic acids is 1. The molecule has 5 rings (SSSR count). The van der Waals surface area contributed by atoms with E-state index < -0.39 is 10.8 Å². The molecule has 0 radical (unpaired) electrons. The molecular weight excluding hydrogens is 376 g/mol. The number of carbonyl (C=O) groups is 1. The van der Waals surface area contributed by atoms with Crippen LogP contribution in [0, 0.1) is 10.1 Å². The maximum Gasteiger partial charge on any atom is 0.276 e. The minimum Gasteiger partial charge on any atom is -0.321 e. The van der Waals surface area contributed by atoms with Crippen molar-refractivity contribution in [3.63, 3.8) is 0 Å². The second-order valence-corrected chi connectivity index (χ2v) is 6.77. The van der Waals surface area contributed by atoms with Crippen molar-refractivity contribution < 1.29 is 9.72 Å². The Kier molecular flexibility index (Phi) is 3.79. The summed E-state index contributed by atoms with van der Waals surface area (Å²) >= 11 is 0. The Labute approximate surface area is 162 Å². The number of nitro groups is 1. The van der Waals surface area contributed by atoms with Crippen LogP contribution in [0.15, 0.2) is 42.5 Å². The minimum atomic E-state index is -0.512. The molecule has 0 aliphatic heterocycles. The molecule has 2 aromatic heterocycles. The van der Waals surface area contributed by atoms with E-state index in [1.807, 2.05) is 6.07 Å². The first kappa shape index (κ1) is 17.0. The van der Waals surface area contributed by atoms with Crippen molar-refractivity contribution in [3.05, 3.63) is 58.3 Å². The van der Waals surface area contributed by atoms with Gasteiger partial charge in [0.1, 0.15) is 0 Å². The maximum absolute atomic E-state index is 12.7. The standard InChI is InChI=1S/C18H14N8O3/c27-18(16-14-9-13(26(28)29)6-7-15(14)20-21-16)19-11-3-1-2-10(8-11)17-22-23-24-25(17)12-4-5-12/h1-3,6-9,12H,4-5H2,(H,19,27)(H,20,21). The van der Waals surface area contributed by atoms with E-state index in [9.17, 15) is 14.9 Å². The summed E-state index contributed by atoms with van der Waals surface area (Å²) in [7, 11) is 0. The van der Waals surface area contributed by atoms with Crippen LogP contribution in [0.4, 0.5) is 11.4 Å². The summed E-state index contributed by atoms with van der Waals surface area (Å²) in [5.41, 5.74) is 1.83. The van der Waals surface area contributed by atoms with Gasteiger partial charge in [0.2, 0.25) is 0 Å². The van der Waals surface area contributed by atoms with Crippen molar-refractivity contribution in [1.82, 2.24) is 30.4 Å². The van der Waals surface area contributed by atoms with E-state index in [0.717, 1.165) is 18.4 Å². The number of nitro benzene ring substituents is 1. The number of aromatic amines is 1. The average Bonchev–Trinajstić information content (AvgIpc) is 3.28. The van der Waals surface area contributed by atoms with Crippen LogP contribution in [0.5, 0.6) is 0 Å². The Morgan fingerprint density at radius 2 is 2.10 bits per heavy atom. The topological polar surface area (TPSA) is 145 Å². The molecule has 1 fully saturated rings. The van der Waals surface area contributed by atoms with Crippen LogP contribution >= 0.6 is 0 Å². The first-order chi connectivity index (χ1) is 14.1. The summed E-state index contributed by atoms with van der Waals surface area (Å²) in [5, 5.41) is 32.8. The van der Waals surface area contributed by atoms with Crippen molar-refractivity contribution in [2.45, 2.75) is 18.9 Å². The van der Waals surface area contributed by atoms with Gasteiger partial charge in [-0.05, 0) is 41.5 Å².